The van der Waals surface area contributed by atoms with Crippen molar-refractivity contribution in [3.8, 4) is 0 Å². The molecule has 0 radical (unpaired) electrons. The van der Waals surface area contributed by atoms with Crippen LogP contribution in [-0.4, -0.2) is 28.4 Å². The van der Waals surface area contributed by atoms with E-state index >= 15 is 0 Å². The third-order valence-corrected chi connectivity index (χ3v) is 3.82. The topological polar surface area (TPSA) is 88.2 Å². The van der Waals surface area contributed by atoms with Gasteiger partial charge in [-0.15, -0.1) is 0 Å². The molecule has 2 rings (SSSR count). The molecule has 1 aliphatic carbocycles. The number of nitrogens with two attached hydrogens (primary N) is 1. The van der Waals surface area contributed by atoms with Crippen LogP contribution in [0.2, 0.25) is 0 Å². The highest BCUT2D eigenvalue weighted by molar-refractivity contribution is 5.64. The van der Waals surface area contributed by atoms with Gasteiger partial charge in [-0.05, 0) is 36.8 Å². The van der Waals surface area contributed by atoms with E-state index in [1.54, 1.807) is 6.07 Å². The zero-order valence-electron chi connectivity index (χ0n) is 11.1. The van der Waals surface area contributed by atoms with Crippen LogP contribution < -0.4 is 11.1 Å². The summed E-state index contributed by atoms with van der Waals surface area (Å²) in [5.74, 6) is -1.98. The van der Waals surface area contributed by atoms with Crippen molar-refractivity contribution in [3.05, 3.63) is 24.0 Å². The van der Waals surface area contributed by atoms with E-state index in [0.717, 1.165) is 0 Å². The van der Waals surface area contributed by atoms with Gasteiger partial charge in [-0.1, -0.05) is 0 Å². The Hall–Kier alpha value is -1.99. The fourth-order valence-corrected chi connectivity index (χ4v) is 2.92. The Morgan fingerprint density at radius 2 is 2.10 bits per heavy atom. The minimum atomic E-state index is -4.35. The van der Waals surface area contributed by atoms with Gasteiger partial charge in [-0.2, -0.15) is 13.2 Å². The predicted molar refractivity (Wildman–Crippen MR) is 69.7 cm³/mol. The molecule has 4 N–H and O–H groups in total. The van der Waals surface area contributed by atoms with Gasteiger partial charge in [0.25, 0.3) is 0 Å². The summed E-state index contributed by atoms with van der Waals surface area (Å²) in [6.07, 6.45) is -2.82. The lowest BCUT2D eigenvalue weighted by atomic mass is 9.75. The Labute approximate surface area is 119 Å². The number of alkyl halides is 3. The van der Waals surface area contributed by atoms with Crippen LogP contribution in [0.4, 0.5) is 23.7 Å². The molecule has 0 saturated heterocycles. The number of aromatic nitrogens is 1. The molecule has 1 aromatic heterocycles. The van der Waals surface area contributed by atoms with Gasteiger partial charge in [0.15, 0.2) is 0 Å². The number of nitrogens with one attached hydrogen (secondary N) is 1. The number of hydrogen-bond donors (Lipinski definition) is 3. The summed E-state index contributed by atoms with van der Waals surface area (Å²) < 4.78 is 39.1. The lowest BCUT2D eigenvalue weighted by Gasteiger charge is -2.36. The molecular weight excluding hydrogens is 287 g/mol. The molecule has 1 heterocycles. The van der Waals surface area contributed by atoms with E-state index in [-0.39, 0.29) is 12.8 Å². The first-order valence-electron chi connectivity index (χ1n) is 6.53. The van der Waals surface area contributed by atoms with Gasteiger partial charge in [0.1, 0.15) is 0 Å². The van der Waals surface area contributed by atoms with Crippen LogP contribution in [0.25, 0.3) is 0 Å². The number of carbonyl (C=O) groups is 1. The van der Waals surface area contributed by atoms with E-state index in [2.05, 4.69) is 10.3 Å². The highest BCUT2D eigenvalue weighted by Gasteiger charge is 2.45. The average molecular weight is 303 g/mol. The van der Waals surface area contributed by atoms with Crippen molar-refractivity contribution in [2.45, 2.75) is 37.4 Å². The fraction of sp³-hybridized carbons (Fsp3) is 0.538. The van der Waals surface area contributed by atoms with Crippen LogP contribution in [-0.2, 0) is 0 Å². The number of carboxylic acid groups (broad SMARTS) is 1. The lowest BCUT2D eigenvalue weighted by Crippen LogP contribution is -2.43. The molecule has 1 saturated carbocycles. The Morgan fingerprint density at radius 1 is 1.38 bits per heavy atom. The molecule has 1 unspecified atom stereocenters. The molecule has 1 aliphatic rings. The summed E-state index contributed by atoms with van der Waals surface area (Å²) in [5, 5.41) is 10.9. The molecule has 116 valence electrons. The number of amides is 1. The first-order chi connectivity index (χ1) is 9.77. The first kappa shape index (κ1) is 15.4. The van der Waals surface area contributed by atoms with Crippen molar-refractivity contribution in [1.82, 2.24) is 10.3 Å². The van der Waals surface area contributed by atoms with E-state index in [9.17, 15) is 18.0 Å². The highest BCUT2D eigenvalue weighted by atomic mass is 19.4. The van der Waals surface area contributed by atoms with Gasteiger partial charge in [-0.25, -0.2) is 4.79 Å². The Morgan fingerprint density at radius 3 is 2.67 bits per heavy atom. The maximum atomic E-state index is 13.0. The van der Waals surface area contributed by atoms with Crippen molar-refractivity contribution in [2.24, 2.45) is 5.92 Å². The average Bonchev–Trinajstić information content (AvgIpc) is 2.37. The van der Waals surface area contributed by atoms with E-state index in [0.29, 0.717) is 17.7 Å². The van der Waals surface area contributed by atoms with Gasteiger partial charge in [0.05, 0.1) is 17.8 Å². The van der Waals surface area contributed by atoms with Crippen LogP contribution in [0.5, 0.6) is 0 Å². The summed E-state index contributed by atoms with van der Waals surface area (Å²) >= 11 is 0. The molecule has 0 aliphatic heterocycles. The summed E-state index contributed by atoms with van der Waals surface area (Å²) in [6, 6.07) is 0.858. The zero-order valence-corrected chi connectivity index (χ0v) is 11.1. The van der Waals surface area contributed by atoms with Gasteiger partial charge in [0.2, 0.25) is 0 Å². The van der Waals surface area contributed by atoms with Crippen molar-refractivity contribution in [3.63, 3.8) is 0 Å². The van der Waals surface area contributed by atoms with E-state index in [1.807, 2.05) is 0 Å². The molecule has 0 bridgehead atoms. The summed E-state index contributed by atoms with van der Waals surface area (Å²) in [5.41, 5.74) is 6.70. The number of halogens is 3. The molecule has 8 heteroatoms. The standard InChI is InChI=1S/C13H16F3N3O2/c14-13(15,16)8-3-7(4-9(5-8)19-12(20)21)10-1-2-18-6-11(10)17/h1-2,6-9,19H,3-5,17H2,(H,20,21)/t7-,8?,9-/m0/s1. The van der Waals surface area contributed by atoms with Gasteiger partial charge in [-0.3, -0.25) is 4.98 Å². The molecule has 5 nitrogen and oxygen atoms in total. The Kier molecular flexibility index (Phi) is 4.24. The van der Waals surface area contributed by atoms with E-state index in [1.165, 1.54) is 12.4 Å². The number of anilines is 1. The second-order valence-electron chi connectivity index (χ2n) is 5.29. The lowest BCUT2D eigenvalue weighted by molar-refractivity contribution is -0.185. The van der Waals surface area contributed by atoms with Crippen molar-refractivity contribution < 1.29 is 23.1 Å². The molecule has 3 atom stereocenters. The number of nitrogen functional groups attached to an aromatic ring is 1. The molecule has 0 aromatic carbocycles. The molecule has 21 heavy (non-hydrogen) atoms. The maximum absolute atomic E-state index is 13.0. The number of rotatable bonds is 2. The minimum absolute atomic E-state index is 0.0878. The maximum Gasteiger partial charge on any atom is 0.404 e. The second kappa shape index (κ2) is 5.79. The summed E-state index contributed by atoms with van der Waals surface area (Å²) in [4.78, 5) is 14.5. The van der Waals surface area contributed by atoms with E-state index in [4.69, 9.17) is 10.8 Å². The second-order valence-corrected chi connectivity index (χ2v) is 5.29. The van der Waals surface area contributed by atoms with Crippen molar-refractivity contribution in [1.29, 1.82) is 0 Å². The van der Waals surface area contributed by atoms with E-state index < -0.39 is 30.1 Å². The van der Waals surface area contributed by atoms with Crippen molar-refractivity contribution in [2.75, 3.05) is 5.73 Å². The molecule has 1 aromatic rings. The van der Waals surface area contributed by atoms with Crippen LogP contribution in [0, 0.1) is 5.92 Å². The van der Waals surface area contributed by atoms with Gasteiger partial charge < -0.3 is 16.2 Å². The van der Waals surface area contributed by atoms with Crippen molar-refractivity contribution >= 4 is 11.8 Å². The number of pyridine rings is 1. The normalized spacial score (nSPS) is 26.3. The largest absolute Gasteiger partial charge is 0.465 e. The number of nitrogens with zero attached hydrogens (tertiary/aromatic N) is 1. The van der Waals surface area contributed by atoms with Crippen LogP contribution >= 0.6 is 0 Å². The third kappa shape index (κ3) is 3.77. The molecule has 1 amide bonds. The third-order valence-electron chi connectivity index (χ3n) is 3.82. The fourth-order valence-electron chi connectivity index (χ4n) is 2.92. The summed E-state index contributed by atoms with van der Waals surface area (Å²) in [7, 11) is 0. The quantitative estimate of drug-likeness (QED) is 0.784. The van der Waals surface area contributed by atoms with Gasteiger partial charge in [0, 0.05) is 12.2 Å². The smallest absolute Gasteiger partial charge is 0.404 e. The minimum Gasteiger partial charge on any atom is -0.465 e. The van der Waals surface area contributed by atoms with Crippen LogP contribution in [0.1, 0.15) is 30.7 Å². The zero-order chi connectivity index (χ0) is 15.6. The number of hydrogen-bond acceptors (Lipinski definition) is 3. The molecule has 1 fully saturated rings. The van der Waals surface area contributed by atoms with Crippen LogP contribution in [0.15, 0.2) is 18.5 Å². The Bertz CT molecular complexity index is 522. The first-order valence-corrected chi connectivity index (χ1v) is 6.53. The Balaban J connectivity index is 2.24. The summed E-state index contributed by atoms with van der Waals surface area (Å²) in [6.45, 7) is 0. The molecular formula is C13H16F3N3O2. The molecule has 0 spiro atoms. The highest BCUT2D eigenvalue weighted by Crippen LogP contribution is 2.44. The predicted octanol–water partition coefficient (Wildman–Crippen LogP) is 2.75. The van der Waals surface area contributed by atoms with Crippen LogP contribution in [0.3, 0.4) is 0 Å². The monoisotopic (exact) mass is 303 g/mol. The SMILES string of the molecule is Nc1cnccc1[C@H]1CC(C(F)(F)F)C[C@@H](NC(=O)O)C1. The van der Waals surface area contributed by atoms with Gasteiger partial charge >= 0.3 is 12.3 Å².